The second-order valence-electron chi connectivity index (χ2n) is 3.61. The van der Waals surface area contributed by atoms with Crippen molar-refractivity contribution in [3.63, 3.8) is 0 Å². The molecule has 1 amide bonds. The Morgan fingerprint density at radius 2 is 2.00 bits per heavy atom. The summed E-state index contributed by atoms with van der Waals surface area (Å²) in [6, 6.07) is 6.37. The van der Waals surface area contributed by atoms with Crippen LogP contribution in [0, 0.1) is 3.57 Å². The van der Waals surface area contributed by atoms with E-state index in [4.69, 9.17) is 9.84 Å². The van der Waals surface area contributed by atoms with Gasteiger partial charge in [0.05, 0.1) is 0 Å². The van der Waals surface area contributed by atoms with Crippen LogP contribution >= 0.6 is 22.6 Å². The van der Waals surface area contributed by atoms with Crippen LogP contribution in [-0.4, -0.2) is 29.6 Å². The maximum atomic E-state index is 11.5. The molecule has 1 unspecified atom stereocenters. The summed E-state index contributed by atoms with van der Waals surface area (Å²) in [4.78, 5) is 22.2. The number of rotatable bonds is 6. The molecular weight excluding hydrogens is 349 g/mol. The minimum atomic E-state index is -1.04. The summed E-state index contributed by atoms with van der Waals surface area (Å²) < 4.78 is 6.31. The first-order chi connectivity index (χ1) is 8.52. The van der Waals surface area contributed by atoms with Crippen molar-refractivity contribution < 1.29 is 19.4 Å². The summed E-state index contributed by atoms with van der Waals surface area (Å²) in [6.07, 6.45) is 0.338. The van der Waals surface area contributed by atoms with Gasteiger partial charge in [-0.15, -0.1) is 0 Å². The van der Waals surface area contributed by atoms with Crippen LogP contribution in [0.4, 0.5) is 0 Å². The zero-order valence-corrected chi connectivity index (χ0v) is 12.0. The molecule has 0 spiro atoms. The van der Waals surface area contributed by atoms with Gasteiger partial charge in [-0.3, -0.25) is 4.79 Å². The molecule has 0 radical (unpaired) electrons. The molecule has 18 heavy (non-hydrogen) atoms. The van der Waals surface area contributed by atoms with E-state index < -0.39 is 17.9 Å². The second-order valence-corrected chi connectivity index (χ2v) is 4.85. The van der Waals surface area contributed by atoms with E-state index in [9.17, 15) is 9.59 Å². The number of halogens is 1. The van der Waals surface area contributed by atoms with Crippen molar-refractivity contribution in [1.29, 1.82) is 0 Å². The Bertz CT molecular complexity index is 419. The molecule has 0 heterocycles. The minimum Gasteiger partial charge on any atom is -0.484 e. The summed E-state index contributed by atoms with van der Waals surface area (Å²) >= 11 is 2.17. The molecule has 0 aliphatic heterocycles. The number of nitrogens with one attached hydrogen (secondary N) is 1. The molecule has 98 valence electrons. The van der Waals surface area contributed by atoms with Crippen LogP contribution in [0.1, 0.15) is 13.3 Å². The van der Waals surface area contributed by atoms with Gasteiger partial charge in [0.25, 0.3) is 5.91 Å². The molecule has 5 nitrogen and oxygen atoms in total. The highest BCUT2D eigenvalue weighted by Crippen LogP contribution is 2.13. The van der Waals surface area contributed by atoms with Gasteiger partial charge in [0.1, 0.15) is 11.8 Å². The number of carbonyl (C=O) groups is 2. The van der Waals surface area contributed by atoms with Gasteiger partial charge >= 0.3 is 5.97 Å². The van der Waals surface area contributed by atoms with Gasteiger partial charge in [-0.25, -0.2) is 4.79 Å². The lowest BCUT2D eigenvalue weighted by Gasteiger charge is -2.12. The molecule has 0 fully saturated rings. The summed E-state index contributed by atoms with van der Waals surface area (Å²) in [5.41, 5.74) is 0. The van der Waals surface area contributed by atoms with Gasteiger partial charge in [-0.05, 0) is 53.3 Å². The molecular formula is C12H14INO4. The number of benzene rings is 1. The Morgan fingerprint density at radius 3 is 2.50 bits per heavy atom. The molecule has 0 saturated carbocycles. The van der Waals surface area contributed by atoms with E-state index in [1.807, 2.05) is 12.1 Å². The van der Waals surface area contributed by atoms with E-state index in [1.165, 1.54) is 0 Å². The lowest BCUT2D eigenvalue weighted by atomic mass is 10.2. The van der Waals surface area contributed by atoms with Crippen molar-refractivity contribution >= 4 is 34.5 Å². The topological polar surface area (TPSA) is 75.6 Å². The third-order valence-corrected chi connectivity index (χ3v) is 2.94. The van der Waals surface area contributed by atoms with Crippen LogP contribution in [0.25, 0.3) is 0 Å². The average Bonchev–Trinajstić information content (AvgIpc) is 2.35. The third-order valence-electron chi connectivity index (χ3n) is 2.23. The summed E-state index contributed by atoms with van der Waals surface area (Å²) in [7, 11) is 0. The lowest BCUT2D eigenvalue weighted by Crippen LogP contribution is -2.42. The summed E-state index contributed by atoms with van der Waals surface area (Å²) in [5.74, 6) is -0.906. The largest absolute Gasteiger partial charge is 0.484 e. The molecule has 1 atom stereocenters. The van der Waals surface area contributed by atoms with Crippen molar-refractivity contribution in [1.82, 2.24) is 5.32 Å². The van der Waals surface area contributed by atoms with Gasteiger partial charge in [0.15, 0.2) is 6.61 Å². The van der Waals surface area contributed by atoms with Gasteiger partial charge in [0.2, 0.25) is 0 Å². The van der Waals surface area contributed by atoms with E-state index in [-0.39, 0.29) is 6.61 Å². The van der Waals surface area contributed by atoms with Gasteiger partial charge < -0.3 is 15.2 Å². The number of amides is 1. The van der Waals surface area contributed by atoms with E-state index in [2.05, 4.69) is 27.9 Å². The maximum Gasteiger partial charge on any atom is 0.326 e. The first-order valence-electron chi connectivity index (χ1n) is 5.43. The smallest absolute Gasteiger partial charge is 0.326 e. The Kier molecular flexibility index (Phi) is 5.90. The van der Waals surface area contributed by atoms with Crippen molar-refractivity contribution in [2.75, 3.05) is 6.61 Å². The van der Waals surface area contributed by atoms with Crippen LogP contribution < -0.4 is 10.1 Å². The second kappa shape index (κ2) is 7.20. The maximum absolute atomic E-state index is 11.5. The fourth-order valence-electron chi connectivity index (χ4n) is 1.25. The van der Waals surface area contributed by atoms with Crippen LogP contribution in [0.15, 0.2) is 24.3 Å². The SMILES string of the molecule is CCC(NC(=O)COc1ccc(I)cc1)C(=O)O. The predicted octanol–water partition coefficient (Wildman–Crippen LogP) is 1.65. The van der Waals surface area contributed by atoms with Crippen LogP contribution in [0.2, 0.25) is 0 Å². The highest BCUT2D eigenvalue weighted by molar-refractivity contribution is 14.1. The Balaban J connectivity index is 2.41. The quantitative estimate of drug-likeness (QED) is 0.754. The Hall–Kier alpha value is -1.31. The van der Waals surface area contributed by atoms with Crippen LogP contribution in [0.5, 0.6) is 5.75 Å². The molecule has 1 rings (SSSR count). The number of hydrogen-bond donors (Lipinski definition) is 2. The van der Waals surface area contributed by atoms with E-state index in [0.717, 1.165) is 3.57 Å². The first kappa shape index (κ1) is 14.7. The molecule has 6 heteroatoms. The number of ether oxygens (including phenoxy) is 1. The Labute approximate surface area is 119 Å². The van der Waals surface area contributed by atoms with Crippen molar-refractivity contribution in [3.8, 4) is 5.75 Å². The van der Waals surface area contributed by atoms with Crippen molar-refractivity contribution in [2.45, 2.75) is 19.4 Å². The first-order valence-corrected chi connectivity index (χ1v) is 6.51. The molecule has 1 aromatic carbocycles. The summed E-state index contributed by atoms with van der Waals surface area (Å²) in [5, 5.41) is 11.2. The summed E-state index contributed by atoms with van der Waals surface area (Å²) in [6.45, 7) is 1.50. The molecule has 0 aromatic heterocycles. The standard InChI is InChI=1S/C12H14INO4/c1-2-10(12(16)17)14-11(15)7-18-9-5-3-8(13)4-6-9/h3-6,10H,2,7H2,1H3,(H,14,15)(H,16,17). The Morgan fingerprint density at radius 1 is 1.39 bits per heavy atom. The fraction of sp³-hybridized carbons (Fsp3) is 0.333. The predicted molar refractivity (Wildman–Crippen MR) is 74.5 cm³/mol. The van der Waals surface area contributed by atoms with E-state index >= 15 is 0 Å². The number of carboxylic acid groups (broad SMARTS) is 1. The highest BCUT2D eigenvalue weighted by Gasteiger charge is 2.17. The van der Waals surface area contributed by atoms with Crippen LogP contribution in [-0.2, 0) is 9.59 Å². The van der Waals surface area contributed by atoms with Crippen LogP contribution in [0.3, 0.4) is 0 Å². The molecule has 0 bridgehead atoms. The number of aliphatic carboxylic acids is 1. The minimum absolute atomic E-state index is 0.190. The molecule has 1 aromatic rings. The van der Waals surface area contributed by atoms with Crippen molar-refractivity contribution in [3.05, 3.63) is 27.8 Å². The lowest BCUT2D eigenvalue weighted by molar-refractivity contribution is -0.142. The average molecular weight is 363 g/mol. The van der Waals surface area contributed by atoms with E-state index in [1.54, 1.807) is 19.1 Å². The van der Waals surface area contributed by atoms with Gasteiger partial charge in [-0.1, -0.05) is 6.92 Å². The van der Waals surface area contributed by atoms with Gasteiger partial charge in [0, 0.05) is 3.57 Å². The highest BCUT2D eigenvalue weighted by atomic mass is 127. The zero-order valence-electron chi connectivity index (χ0n) is 9.85. The number of carboxylic acids is 1. The monoisotopic (exact) mass is 363 g/mol. The number of carbonyl (C=O) groups excluding carboxylic acids is 1. The van der Waals surface area contributed by atoms with Crippen molar-refractivity contribution in [2.24, 2.45) is 0 Å². The third kappa shape index (κ3) is 4.91. The van der Waals surface area contributed by atoms with Gasteiger partial charge in [-0.2, -0.15) is 0 Å². The molecule has 0 aliphatic rings. The molecule has 2 N–H and O–H groups in total. The normalized spacial score (nSPS) is 11.7. The number of hydrogen-bond acceptors (Lipinski definition) is 3. The molecule has 0 saturated heterocycles. The fourth-order valence-corrected chi connectivity index (χ4v) is 1.61. The molecule has 0 aliphatic carbocycles. The zero-order chi connectivity index (χ0) is 13.5. The van der Waals surface area contributed by atoms with E-state index in [0.29, 0.717) is 12.2 Å².